The number of likely N-dealkylation sites (tertiary alicyclic amines) is 1. The van der Waals surface area contributed by atoms with Gasteiger partial charge >= 0.3 is 5.69 Å². The molecule has 0 saturated carbocycles. The summed E-state index contributed by atoms with van der Waals surface area (Å²) in [7, 11) is 0. The van der Waals surface area contributed by atoms with E-state index in [9.17, 15) is 14.7 Å². The highest BCUT2D eigenvalue weighted by Crippen LogP contribution is 2.33. The molecule has 4 heterocycles. The number of aryl methyl sites for hydroxylation is 1. The highest BCUT2D eigenvalue weighted by molar-refractivity contribution is 6.31. The Bertz CT molecular complexity index is 1780. The maximum Gasteiger partial charge on any atom is 0.329 e. The molecule has 0 radical (unpaired) electrons. The van der Waals surface area contributed by atoms with E-state index in [0.29, 0.717) is 44.2 Å². The van der Waals surface area contributed by atoms with Gasteiger partial charge < -0.3 is 19.8 Å². The van der Waals surface area contributed by atoms with Crippen molar-refractivity contribution in [1.82, 2.24) is 33.6 Å². The van der Waals surface area contributed by atoms with E-state index < -0.39 is 6.10 Å². The molecule has 10 nitrogen and oxygen atoms in total. The van der Waals surface area contributed by atoms with Crippen molar-refractivity contribution in [2.24, 2.45) is 0 Å². The maximum absolute atomic E-state index is 13.8. The molecule has 252 valence electrons. The van der Waals surface area contributed by atoms with Gasteiger partial charge in [-0.15, -0.1) is 0 Å². The molecule has 6 rings (SSSR count). The van der Waals surface area contributed by atoms with Crippen LogP contribution in [0.2, 0.25) is 5.02 Å². The second-order valence-corrected chi connectivity index (χ2v) is 13.5. The number of carbonyl (C=O) groups is 1. The molecule has 0 bridgehead atoms. The summed E-state index contributed by atoms with van der Waals surface area (Å²) in [6.45, 7) is 15.1. The summed E-state index contributed by atoms with van der Waals surface area (Å²) < 4.78 is 5.92. The van der Waals surface area contributed by atoms with Gasteiger partial charge in [-0.2, -0.15) is 5.10 Å². The number of rotatable bonds is 11. The van der Waals surface area contributed by atoms with Crippen LogP contribution in [-0.2, 0) is 30.8 Å². The van der Waals surface area contributed by atoms with Crippen molar-refractivity contribution in [1.29, 1.82) is 0 Å². The van der Waals surface area contributed by atoms with Crippen molar-refractivity contribution in [2.75, 3.05) is 45.8 Å². The summed E-state index contributed by atoms with van der Waals surface area (Å²) >= 11 is 6.32. The first-order chi connectivity index (χ1) is 22.7. The normalized spacial score (nSPS) is 16.7. The van der Waals surface area contributed by atoms with Crippen LogP contribution in [0.15, 0.2) is 47.3 Å². The van der Waals surface area contributed by atoms with E-state index in [0.717, 1.165) is 84.7 Å². The standard InChI is InChI=1S/C36H48ClN7O3/c1-5-39(6-2)19-20-42-33-9-7-8-10-34(33)44(36(42)47)28-13-16-40(17-14-28)22-29(46)23-43-32-15-18-41(26(4)45)24-30(32)35(38-43)27-11-12-31(37)25(3)21-27/h7-12,21,28-29,46H,5-6,13-20,22-24H2,1-4H3. The maximum atomic E-state index is 13.8. The number of β-amino-alcohol motifs (C(OH)–C–C–N with tert-alkyl or cyclic N) is 1. The zero-order valence-electron chi connectivity index (χ0n) is 28.2. The highest BCUT2D eigenvalue weighted by Gasteiger charge is 2.30. The van der Waals surface area contributed by atoms with E-state index in [2.05, 4.69) is 35.8 Å². The molecule has 2 aliphatic heterocycles. The van der Waals surface area contributed by atoms with Crippen molar-refractivity contribution in [3.8, 4) is 11.3 Å². The Labute approximate surface area is 282 Å². The van der Waals surface area contributed by atoms with Gasteiger partial charge in [0.25, 0.3) is 0 Å². The molecule has 2 aliphatic rings. The predicted octanol–water partition coefficient (Wildman–Crippen LogP) is 4.57. The van der Waals surface area contributed by atoms with Gasteiger partial charge in [0, 0.05) is 87.0 Å². The van der Waals surface area contributed by atoms with E-state index in [1.54, 1.807) is 6.92 Å². The highest BCUT2D eigenvalue weighted by atomic mass is 35.5. The molecule has 2 aromatic heterocycles. The number of para-hydroxylation sites is 2. The Morgan fingerprint density at radius 3 is 2.47 bits per heavy atom. The van der Waals surface area contributed by atoms with Crippen LogP contribution >= 0.6 is 11.6 Å². The molecule has 47 heavy (non-hydrogen) atoms. The van der Waals surface area contributed by atoms with Gasteiger partial charge in [0.1, 0.15) is 0 Å². The topological polar surface area (TPSA) is 91.8 Å². The second kappa shape index (κ2) is 14.4. The molecular weight excluding hydrogens is 614 g/mol. The van der Waals surface area contributed by atoms with Crippen molar-refractivity contribution >= 4 is 28.5 Å². The monoisotopic (exact) mass is 661 g/mol. The number of carbonyl (C=O) groups excluding carboxylic acids is 1. The zero-order valence-corrected chi connectivity index (χ0v) is 28.9. The number of hydrogen-bond donors (Lipinski definition) is 1. The fraction of sp³-hybridized carbons (Fsp3) is 0.528. The van der Waals surface area contributed by atoms with Crippen molar-refractivity contribution < 1.29 is 9.90 Å². The lowest BCUT2D eigenvalue weighted by molar-refractivity contribution is -0.129. The number of likely N-dealkylation sites (N-methyl/N-ethyl adjacent to an activating group) is 1. The van der Waals surface area contributed by atoms with Crippen LogP contribution < -0.4 is 5.69 Å². The molecule has 2 aromatic carbocycles. The molecule has 4 aromatic rings. The number of fused-ring (bicyclic) bond motifs is 2. The van der Waals surface area contributed by atoms with Crippen LogP contribution in [0.25, 0.3) is 22.3 Å². The van der Waals surface area contributed by atoms with Gasteiger partial charge in [-0.3, -0.25) is 18.6 Å². The average molecular weight is 662 g/mol. The first-order valence-corrected chi connectivity index (χ1v) is 17.5. The molecule has 1 saturated heterocycles. The number of benzene rings is 2. The van der Waals surface area contributed by atoms with Crippen LogP contribution in [0, 0.1) is 6.92 Å². The van der Waals surface area contributed by atoms with Crippen LogP contribution in [0.4, 0.5) is 0 Å². The number of amides is 1. The molecule has 1 atom stereocenters. The number of aliphatic hydroxyl groups excluding tert-OH is 1. The zero-order chi connectivity index (χ0) is 33.2. The minimum absolute atomic E-state index is 0.0523. The Hall–Kier alpha value is -3.44. The number of piperidine rings is 1. The van der Waals surface area contributed by atoms with E-state index >= 15 is 0 Å². The van der Waals surface area contributed by atoms with E-state index in [-0.39, 0.29) is 17.6 Å². The molecule has 11 heteroatoms. The van der Waals surface area contributed by atoms with E-state index in [1.165, 1.54) is 0 Å². The lowest BCUT2D eigenvalue weighted by atomic mass is 9.99. The smallest absolute Gasteiger partial charge is 0.329 e. The third-order valence-corrected chi connectivity index (χ3v) is 10.6. The fourth-order valence-corrected chi connectivity index (χ4v) is 7.55. The quantitative estimate of drug-likeness (QED) is 0.253. The van der Waals surface area contributed by atoms with Gasteiger partial charge in [-0.25, -0.2) is 4.79 Å². The number of halogens is 1. The fourth-order valence-electron chi connectivity index (χ4n) is 7.43. The molecule has 1 N–H and O–H groups in total. The van der Waals surface area contributed by atoms with Crippen LogP contribution in [0.3, 0.4) is 0 Å². The van der Waals surface area contributed by atoms with E-state index in [1.807, 2.05) is 56.0 Å². The lowest BCUT2D eigenvalue weighted by Crippen LogP contribution is -2.42. The summed E-state index contributed by atoms with van der Waals surface area (Å²) in [5.41, 5.74) is 7.01. The minimum Gasteiger partial charge on any atom is -0.390 e. The largest absolute Gasteiger partial charge is 0.390 e. The Kier molecular flexibility index (Phi) is 10.2. The summed E-state index contributed by atoms with van der Waals surface area (Å²) in [6.07, 6.45) is 1.80. The van der Waals surface area contributed by atoms with E-state index in [4.69, 9.17) is 16.7 Å². The van der Waals surface area contributed by atoms with Crippen molar-refractivity contribution in [2.45, 2.75) is 78.7 Å². The molecule has 1 unspecified atom stereocenters. The summed E-state index contributed by atoms with van der Waals surface area (Å²) in [4.78, 5) is 32.5. The molecule has 1 amide bonds. The van der Waals surface area contributed by atoms with Gasteiger partial charge in [-0.1, -0.05) is 43.6 Å². The Balaban J connectivity index is 1.14. The SMILES string of the molecule is CCN(CC)CCn1c(=O)n(C2CCN(CC(O)Cn3nc(-c4ccc(Cl)c(C)c4)c4c3CCN(C(C)=O)C4)CC2)c2ccccc21. The number of aliphatic hydroxyl groups is 1. The first kappa shape index (κ1) is 33.5. The predicted molar refractivity (Wildman–Crippen MR) is 187 cm³/mol. The summed E-state index contributed by atoms with van der Waals surface area (Å²) in [5.74, 6) is 0.0523. The van der Waals surface area contributed by atoms with Gasteiger partial charge in [0.05, 0.1) is 29.4 Å². The third-order valence-electron chi connectivity index (χ3n) is 10.2. The van der Waals surface area contributed by atoms with Gasteiger partial charge in [0.15, 0.2) is 0 Å². The lowest BCUT2D eigenvalue weighted by Gasteiger charge is -2.33. The molecule has 0 aliphatic carbocycles. The van der Waals surface area contributed by atoms with Crippen LogP contribution in [-0.4, -0.2) is 96.5 Å². The number of aromatic nitrogens is 4. The molecular formula is C36H48ClN7O3. The molecule has 1 fully saturated rings. The number of imidazole rings is 1. The third kappa shape index (κ3) is 6.92. The second-order valence-electron chi connectivity index (χ2n) is 13.1. The summed E-state index contributed by atoms with van der Waals surface area (Å²) in [6, 6.07) is 14.2. The van der Waals surface area contributed by atoms with Crippen LogP contribution in [0.1, 0.15) is 56.5 Å². The Morgan fingerprint density at radius 1 is 1.06 bits per heavy atom. The van der Waals surface area contributed by atoms with Gasteiger partial charge in [0.2, 0.25) is 5.91 Å². The van der Waals surface area contributed by atoms with Crippen molar-refractivity contribution in [3.05, 3.63) is 74.8 Å². The summed E-state index contributed by atoms with van der Waals surface area (Å²) in [5, 5.41) is 17.0. The first-order valence-electron chi connectivity index (χ1n) is 17.1. The number of hydrogen-bond acceptors (Lipinski definition) is 6. The number of nitrogens with zero attached hydrogens (tertiary/aromatic N) is 7. The average Bonchev–Trinajstić information content (AvgIpc) is 3.56. The van der Waals surface area contributed by atoms with Gasteiger partial charge in [-0.05, 0) is 62.7 Å². The Morgan fingerprint density at radius 2 is 1.79 bits per heavy atom. The minimum atomic E-state index is -0.606. The molecule has 0 spiro atoms. The van der Waals surface area contributed by atoms with Crippen molar-refractivity contribution in [3.63, 3.8) is 0 Å². The van der Waals surface area contributed by atoms with Crippen LogP contribution in [0.5, 0.6) is 0 Å².